The van der Waals surface area contributed by atoms with Gasteiger partial charge in [-0.2, -0.15) is 4.98 Å². The zero-order valence-corrected chi connectivity index (χ0v) is 11.4. The maximum absolute atomic E-state index is 13.8. The minimum atomic E-state index is -0.468. The fourth-order valence-corrected chi connectivity index (χ4v) is 1.72. The normalized spacial score (nSPS) is 10.3. The molecule has 106 valence electrons. The van der Waals surface area contributed by atoms with Crippen molar-refractivity contribution in [1.82, 2.24) is 4.98 Å². The monoisotopic (exact) mass is 277 g/mol. The average molecular weight is 277 g/mol. The molecule has 0 saturated heterocycles. The van der Waals surface area contributed by atoms with Crippen molar-refractivity contribution in [1.29, 1.82) is 0 Å². The van der Waals surface area contributed by atoms with Gasteiger partial charge in [-0.05, 0) is 25.5 Å². The molecule has 20 heavy (non-hydrogen) atoms. The van der Waals surface area contributed by atoms with Crippen LogP contribution in [-0.2, 0) is 0 Å². The van der Waals surface area contributed by atoms with E-state index in [-0.39, 0.29) is 17.3 Å². The Morgan fingerprint density at radius 3 is 2.90 bits per heavy atom. The number of para-hydroxylation sites is 1. The molecule has 1 heterocycles. The maximum Gasteiger partial charge on any atom is 0.301 e. The fraction of sp³-hybridized carbons (Fsp3) is 0.286. The lowest BCUT2D eigenvalue weighted by atomic mass is 10.1. The third kappa shape index (κ3) is 3.14. The molecule has 0 bridgehead atoms. The van der Waals surface area contributed by atoms with Crippen LogP contribution in [0, 0.1) is 12.7 Å². The van der Waals surface area contributed by atoms with Crippen LogP contribution in [0.5, 0.6) is 0 Å². The Hall–Kier alpha value is -2.37. The van der Waals surface area contributed by atoms with E-state index in [0.717, 1.165) is 6.42 Å². The molecule has 0 saturated carbocycles. The molecule has 1 aromatic carbocycles. The largest absolute Gasteiger partial charge is 0.432 e. The number of rotatable bonds is 5. The van der Waals surface area contributed by atoms with Gasteiger partial charge in [0.1, 0.15) is 12.1 Å². The number of benzene rings is 1. The van der Waals surface area contributed by atoms with E-state index in [4.69, 9.17) is 4.42 Å². The van der Waals surface area contributed by atoms with Gasteiger partial charge in [-0.15, -0.1) is 0 Å². The highest BCUT2D eigenvalue weighted by Gasteiger charge is 2.16. The first kappa shape index (κ1) is 14.0. The van der Waals surface area contributed by atoms with Gasteiger partial charge < -0.3 is 9.73 Å². The second-order valence-electron chi connectivity index (χ2n) is 4.34. The third-order valence-electron chi connectivity index (χ3n) is 2.65. The highest BCUT2D eigenvalue weighted by atomic mass is 19.1. The molecule has 2 rings (SSSR count). The molecule has 6 heteroatoms. The fourth-order valence-electron chi connectivity index (χ4n) is 1.72. The second kappa shape index (κ2) is 6.18. The molecule has 0 aliphatic heterocycles. The van der Waals surface area contributed by atoms with Crippen LogP contribution in [0.4, 0.5) is 16.1 Å². The van der Waals surface area contributed by atoms with Crippen molar-refractivity contribution in [2.24, 2.45) is 0 Å². The number of oxazole rings is 1. The summed E-state index contributed by atoms with van der Waals surface area (Å²) in [4.78, 5) is 16.1. The molecule has 0 fully saturated rings. The summed E-state index contributed by atoms with van der Waals surface area (Å²) < 4.78 is 18.8. The first-order valence-electron chi connectivity index (χ1n) is 6.37. The van der Waals surface area contributed by atoms with E-state index in [1.807, 2.05) is 6.92 Å². The van der Waals surface area contributed by atoms with E-state index in [2.05, 4.69) is 15.6 Å². The van der Waals surface area contributed by atoms with E-state index >= 15 is 0 Å². The minimum Gasteiger partial charge on any atom is -0.432 e. The second-order valence-corrected chi connectivity index (χ2v) is 4.34. The molecular weight excluding hydrogens is 261 g/mol. The summed E-state index contributed by atoms with van der Waals surface area (Å²) in [5, 5.41) is 5.42. The SMILES string of the molecule is CCCNc1c(F)cccc1C(=O)Nc1nc(C)co1. The molecule has 1 aromatic heterocycles. The van der Waals surface area contributed by atoms with E-state index < -0.39 is 11.7 Å². The lowest BCUT2D eigenvalue weighted by molar-refractivity contribution is 0.102. The van der Waals surface area contributed by atoms with Crippen molar-refractivity contribution >= 4 is 17.6 Å². The summed E-state index contributed by atoms with van der Waals surface area (Å²) in [7, 11) is 0. The summed E-state index contributed by atoms with van der Waals surface area (Å²) in [6.07, 6.45) is 2.26. The van der Waals surface area contributed by atoms with Crippen molar-refractivity contribution < 1.29 is 13.6 Å². The van der Waals surface area contributed by atoms with E-state index in [0.29, 0.717) is 12.2 Å². The van der Waals surface area contributed by atoms with Crippen molar-refractivity contribution in [3.8, 4) is 0 Å². The highest BCUT2D eigenvalue weighted by Crippen LogP contribution is 2.21. The van der Waals surface area contributed by atoms with Gasteiger partial charge in [0.15, 0.2) is 0 Å². The number of amides is 1. The lowest BCUT2D eigenvalue weighted by Gasteiger charge is -2.11. The van der Waals surface area contributed by atoms with Crippen LogP contribution in [0.15, 0.2) is 28.9 Å². The number of hydrogen-bond donors (Lipinski definition) is 2. The molecule has 0 spiro atoms. The number of anilines is 2. The lowest BCUT2D eigenvalue weighted by Crippen LogP contribution is -2.16. The molecule has 0 unspecified atom stereocenters. The smallest absolute Gasteiger partial charge is 0.301 e. The quantitative estimate of drug-likeness (QED) is 0.880. The number of aryl methyl sites for hydroxylation is 1. The van der Waals surface area contributed by atoms with Gasteiger partial charge >= 0.3 is 6.01 Å². The molecule has 2 aromatic rings. The minimum absolute atomic E-state index is 0.0956. The van der Waals surface area contributed by atoms with Gasteiger partial charge in [0.25, 0.3) is 5.91 Å². The van der Waals surface area contributed by atoms with Crippen LogP contribution < -0.4 is 10.6 Å². The van der Waals surface area contributed by atoms with E-state index in [9.17, 15) is 9.18 Å². The molecule has 0 aliphatic carbocycles. The van der Waals surface area contributed by atoms with Gasteiger partial charge in [-0.1, -0.05) is 13.0 Å². The summed E-state index contributed by atoms with van der Waals surface area (Å²) in [5.74, 6) is -0.931. The number of carbonyl (C=O) groups is 1. The number of nitrogens with one attached hydrogen (secondary N) is 2. The standard InChI is InChI=1S/C14H16FN3O2/c1-3-7-16-12-10(5-4-6-11(12)15)13(19)18-14-17-9(2)8-20-14/h4-6,8,16H,3,7H2,1-2H3,(H,17,18,19). The predicted molar refractivity (Wildman–Crippen MR) is 74.4 cm³/mol. The first-order valence-corrected chi connectivity index (χ1v) is 6.37. The van der Waals surface area contributed by atoms with Crippen LogP contribution in [-0.4, -0.2) is 17.4 Å². The van der Waals surface area contributed by atoms with Gasteiger partial charge in [0.2, 0.25) is 0 Å². The Balaban J connectivity index is 2.22. The Morgan fingerprint density at radius 2 is 2.25 bits per heavy atom. The van der Waals surface area contributed by atoms with Crippen LogP contribution in [0.3, 0.4) is 0 Å². The van der Waals surface area contributed by atoms with Crippen molar-refractivity contribution in [2.45, 2.75) is 20.3 Å². The van der Waals surface area contributed by atoms with E-state index in [1.165, 1.54) is 18.4 Å². The number of hydrogen-bond acceptors (Lipinski definition) is 4. The molecule has 1 amide bonds. The number of halogens is 1. The van der Waals surface area contributed by atoms with Crippen LogP contribution in [0.2, 0.25) is 0 Å². The van der Waals surface area contributed by atoms with Crippen molar-refractivity contribution in [3.05, 3.63) is 41.5 Å². The Labute approximate surface area is 116 Å². The number of nitrogens with zero attached hydrogens (tertiary/aromatic N) is 1. The zero-order valence-electron chi connectivity index (χ0n) is 11.4. The van der Waals surface area contributed by atoms with Gasteiger partial charge in [0, 0.05) is 6.54 Å². The van der Waals surface area contributed by atoms with Crippen LogP contribution >= 0.6 is 0 Å². The number of carbonyl (C=O) groups excluding carboxylic acids is 1. The number of aromatic nitrogens is 1. The van der Waals surface area contributed by atoms with Gasteiger partial charge in [0.05, 0.1) is 16.9 Å². The Morgan fingerprint density at radius 1 is 1.45 bits per heavy atom. The van der Waals surface area contributed by atoms with Gasteiger partial charge in [-0.25, -0.2) is 4.39 Å². The molecule has 2 N–H and O–H groups in total. The first-order chi connectivity index (χ1) is 9.61. The molecular formula is C14H16FN3O2. The van der Waals surface area contributed by atoms with Crippen LogP contribution in [0.25, 0.3) is 0 Å². The average Bonchev–Trinajstić information content (AvgIpc) is 2.82. The zero-order chi connectivity index (χ0) is 14.5. The van der Waals surface area contributed by atoms with E-state index in [1.54, 1.807) is 13.0 Å². The highest BCUT2D eigenvalue weighted by molar-refractivity contribution is 6.07. The molecule has 0 atom stereocenters. The van der Waals surface area contributed by atoms with Gasteiger partial charge in [-0.3, -0.25) is 10.1 Å². The Kier molecular flexibility index (Phi) is 4.34. The van der Waals surface area contributed by atoms with Crippen molar-refractivity contribution in [3.63, 3.8) is 0 Å². The predicted octanol–water partition coefficient (Wildman–Crippen LogP) is 3.20. The molecule has 5 nitrogen and oxygen atoms in total. The molecule has 0 radical (unpaired) electrons. The topological polar surface area (TPSA) is 67.2 Å². The summed E-state index contributed by atoms with van der Waals surface area (Å²) in [6.45, 7) is 4.29. The van der Waals surface area contributed by atoms with Crippen molar-refractivity contribution in [2.75, 3.05) is 17.2 Å². The third-order valence-corrected chi connectivity index (χ3v) is 2.65. The van der Waals surface area contributed by atoms with Crippen LogP contribution in [0.1, 0.15) is 29.4 Å². The Bertz CT molecular complexity index is 610. The summed E-state index contributed by atoms with van der Waals surface area (Å²) in [5.41, 5.74) is 1.06. The maximum atomic E-state index is 13.8. The molecule has 0 aliphatic rings. The summed E-state index contributed by atoms with van der Waals surface area (Å²) >= 11 is 0. The summed E-state index contributed by atoms with van der Waals surface area (Å²) in [6, 6.07) is 4.44.